The molecule has 19 heavy (non-hydrogen) atoms. The lowest BCUT2D eigenvalue weighted by molar-refractivity contribution is -0.137. The Morgan fingerprint density at radius 1 is 1.16 bits per heavy atom. The molecule has 0 aromatic heterocycles. The first-order valence-corrected chi connectivity index (χ1v) is 6.26. The number of likely N-dealkylation sites (N-methyl/N-ethyl adjacent to an activating group) is 1. The van der Waals surface area contributed by atoms with Crippen LogP contribution in [0.25, 0.3) is 0 Å². The SMILES string of the molecule is CC(CCNC(=O)NCC(=O)N(C)C)CCC(=O)O. The van der Waals surface area contributed by atoms with Crippen LogP contribution >= 0.6 is 0 Å². The van der Waals surface area contributed by atoms with E-state index in [2.05, 4.69) is 10.6 Å². The zero-order valence-corrected chi connectivity index (χ0v) is 11.7. The molecule has 0 aromatic rings. The highest BCUT2D eigenvalue weighted by atomic mass is 16.4. The van der Waals surface area contributed by atoms with Crippen molar-refractivity contribution in [1.29, 1.82) is 0 Å². The van der Waals surface area contributed by atoms with Crippen molar-refractivity contribution in [3.63, 3.8) is 0 Å². The second kappa shape index (κ2) is 9.18. The smallest absolute Gasteiger partial charge is 0.315 e. The van der Waals surface area contributed by atoms with E-state index in [1.54, 1.807) is 14.1 Å². The van der Waals surface area contributed by atoms with Crippen LogP contribution in [-0.4, -0.2) is 55.1 Å². The normalized spacial score (nSPS) is 11.5. The number of amides is 3. The number of hydrogen-bond donors (Lipinski definition) is 3. The summed E-state index contributed by atoms with van der Waals surface area (Å²) >= 11 is 0. The van der Waals surface area contributed by atoms with E-state index in [9.17, 15) is 14.4 Å². The number of nitrogens with one attached hydrogen (secondary N) is 2. The first kappa shape index (κ1) is 17.2. The fourth-order valence-corrected chi connectivity index (χ4v) is 1.32. The molecule has 3 amide bonds. The van der Waals surface area contributed by atoms with E-state index in [-0.39, 0.29) is 30.8 Å². The van der Waals surface area contributed by atoms with Gasteiger partial charge in [-0.25, -0.2) is 4.79 Å². The monoisotopic (exact) mass is 273 g/mol. The third kappa shape index (κ3) is 9.87. The maximum absolute atomic E-state index is 11.3. The Labute approximate surface area is 113 Å². The molecule has 0 spiro atoms. The average Bonchev–Trinajstić information content (AvgIpc) is 2.33. The first-order valence-electron chi connectivity index (χ1n) is 6.26. The molecule has 0 rings (SSSR count). The standard InChI is InChI=1S/C12H23N3O4/c1-9(4-5-11(17)18)6-7-13-12(19)14-8-10(16)15(2)3/h9H,4-8H2,1-3H3,(H,17,18)(H2,13,14,19). The predicted octanol–water partition coefficient (Wildman–Crippen LogP) is 0.265. The molecule has 0 aliphatic carbocycles. The quantitative estimate of drug-likeness (QED) is 0.591. The van der Waals surface area contributed by atoms with E-state index in [0.717, 1.165) is 0 Å². The molecule has 0 saturated carbocycles. The Kier molecular flexibility index (Phi) is 8.32. The van der Waals surface area contributed by atoms with Crippen molar-refractivity contribution in [2.24, 2.45) is 5.92 Å². The molecule has 7 nitrogen and oxygen atoms in total. The van der Waals surface area contributed by atoms with Crippen LogP contribution in [0.3, 0.4) is 0 Å². The fraction of sp³-hybridized carbons (Fsp3) is 0.750. The molecule has 7 heteroatoms. The number of urea groups is 1. The van der Waals surface area contributed by atoms with Crippen LogP contribution in [0.2, 0.25) is 0 Å². The van der Waals surface area contributed by atoms with Crippen molar-refractivity contribution in [3.05, 3.63) is 0 Å². The minimum absolute atomic E-state index is 0.0343. The van der Waals surface area contributed by atoms with Gasteiger partial charge in [0.05, 0.1) is 6.54 Å². The van der Waals surface area contributed by atoms with Gasteiger partial charge >= 0.3 is 12.0 Å². The van der Waals surface area contributed by atoms with Gasteiger partial charge in [0.2, 0.25) is 5.91 Å². The molecule has 0 radical (unpaired) electrons. The Morgan fingerprint density at radius 2 is 1.79 bits per heavy atom. The maximum atomic E-state index is 11.3. The zero-order valence-electron chi connectivity index (χ0n) is 11.7. The van der Waals surface area contributed by atoms with E-state index in [4.69, 9.17) is 5.11 Å². The van der Waals surface area contributed by atoms with Crippen molar-refractivity contribution in [3.8, 4) is 0 Å². The summed E-state index contributed by atoms with van der Waals surface area (Å²) in [5, 5.41) is 13.6. The lowest BCUT2D eigenvalue weighted by Crippen LogP contribution is -2.42. The highest BCUT2D eigenvalue weighted by Gasteiger charge is 2.08. The Bertz CT molecular complexity index is 318. The van der Waals surface area contributed by atoms with Gasteiger partial charge in [-0.1, -0.05) is 6.92 Å². The maximum Gasteiger partial charge on any atom is 0.315 e. The van der Waals surface area contributed by atoms with E-state index < -0.39 is 5.97 Å². The number of carbonyl (C=O) groups excluding carboxylic acids is 2. The summed E-state index contributed by atoms with van der Waals surface area (Å²) in [6, 6.07) is -0.388. The van der Waals surface area contributed by atoms with E-state index in [0.29, 0.717) is 19.4 Å². The molecular formula is C12H23N3O4. The third-order valence-electron chi connectivity index (χ3n) is 2.67. The van der Waals surface area contributed by atoms with Gasteiger partial charge in [0.1, 0.15) is 0 Å². The summed E-state index contributed by atoms with van der Waals surface area (Å²) in [6.07, 6.45) is 1.45. The molecule has 0 aromatic carbocycles. The first-order chi connectivity index (χ1) is 8.82. The molecule has 0 heterocycles. The lowest BCUT2D eigenvalue weighted by atomic mass is 10.0. The Morgan fingerprint density at radius 3 is 2.32 bits per heavy atom. The fourth-order valence-electron chi connectivity index (χ4n) is 1.32. The number of rotatable bonds is 8. The molecule has 1 atom stereocenters. The number of carbonyl (C=O) groups is 3. The zero-order chi connectivity index (χ0) is 14.8. The molecule has 3 N–H and O–H groups in total. The summed E-state index contributed by atoms with van der Waals surface area (Å²) in [7, 11) is 3.23. The molecule has 0 bridgehead atoms. The van der Waals surface area contributed by atoms with Crippen LogP contribution in [-0.2, 0) is 9.59 Å². The summed E-state index contributed by atoms with van der Waals surface area (Å²) in [5.41, 5.74) is 0. The van der Waals surface area contributed by atoms with Crippen molar-refractivity contribution >= 4 is 17.9 Å². The van der Waals surface area contributed by atoms with Crippen LogP contribution < -0.4 is 10.6 Å². The summed E-state index contributed by atoms with van der Waals surface area (Å²) in [6.45, 7) is 2.37. The number of carboxylic acids is 1. The molecule has 0 aliphatic rings. The molecule has 0 aliphatic heterocycles. The molecule has 0 saturated heterocycles. The van der Waals surface area contributed by atoms with E-state index >= 15 is 0 Å². The van der Waals surface area contributed by atoms with Gasteiger partial charge in [-0.2, -0.15) is 0 Å². The number of hydrogen-bond acceptors (Lipinski definition) is 3. The highest BCUT2D eigenvalue weighted by Crippen LogP contribution is 2.08. The van der Waals surface area contributed by atoms with E-state index in [1.165, 1.54) is 4.90 Å². The van der Waals surface area contributed by atoms with Gasteiger partial charge in [0.25, 0.3) is 0 Å². The lowest BCUT2D eigenvalue weighted by Gasteiger charge is -2.13. The third-order valence-corrected chi connectivity index (χ3v) is 2.67. The topological polar surface area (TPSA) is 98.7 Å². The van der Waals surface area contributed by atoms with Crippen LogP contribution in [0.5, 0.6) is 0 Å². The second-order valence-electron chi connectivity index (χ2n) is 4.72. The predicted molar refractivity (Wildman–Crippen MR) is 70.7 cm³/mol. The molecule has 1 unspecified atom stereocenters. The molecule has 0 fully saturated rings. The van der Waals surface area contributed by atoms with Gasteiger partial charge in [-0.15, -0.1) is 0 Å². The summed E-state index contributed by atoms with van der Waals surface area (Å²) < 4.78 is 0. The van der Waals surface area contributed by atoms with Crippen LogP contribution in [0.15, 0.2) is 0 Å². The highest BCUT2D eigenvalue weighted by molar-refractivity contribution is 5.83. The van der Waals surface area contributed by atoms with Crippen molar-refractivity contribution < 1.29 is 19.5 Å². The minimum Gasteiger partial charge on any atom is -0.481 e. The Balaban J connectivity index is 3.63. The van der Waals surface area contributed by atoms with Crippen molar-refractivity contribution in [2.45, 2.75) is 26.2 Å². The van der Waals surface area contributed by atoms with E-state index in [1.807, 2.05) is 6.92 Å². The molecule has 110 valence electrons. The van der Waals surface area contributed by atoms with Gasteiger partial charge < -0.3 is 20.6 Å². The van der Waals surface area contributed by atoms with Crippen LogP contribution in [0.1, 0.15) is 26.2 Å². The van der Waals surface area contributed by atoms with Gasteiger partial charge in [0.15, 0.2) is 0 Å². The van der Waals surface area contributed by atoms with Crippen molar-refractivity contribution in [1.82, 2.24) is 15.5 Å². The number of carboxylic acid groups (broad SMARTS) is 1. The molecular weight excluding hydrogens is 250 g/mol. The van der Waals surface area contributed by atoms with Gasteiger partial charge in [-0.3, -0.25) is 9.59 Å². The number of nitrogens with zero attached hydrogens (tertiary/aromatic N) is 1. The van der Waals surface area contributed by atoms with Crippen molar-refractivity contribution in [2.75, 3.05) is 27.2 Å². The minimum atomic E-state index is -0.806. The average molecular weight is 273 g/mol. The largest absolute Gasteiger partial charge is 0.481 e. The second-order valence-corrected chi connectivity index (χ2v) is 4.72. The van der Waals surface area contributed by atoms with Gasteiger partial charge in [0, 0.05) is 27.1 Å². The number of aliphatic carboxylic acids is 1. The summed E-state index contributed by atoms with van der Waals surface area (Å²) in [5.74, 6) is -0.746. The van der Waals surface area contributed by atoms with Crippen LogP contribution in [0.4, 0.5) is 4.79 Å². The Hall–Kier alpha value is -1.79. The van der Waals surface area contributed by atoms with Crippen LogP contribution in [0, 0.1) is 5.92 Å². The summed E-state index contributed by atoms with van der Waals surface area (Å²) in [4.78, 5) is 34.3. The van der Waals surface area contributed by atoms with Gasteiger partial charge in [-0.05, 0) is 18.8 Å².